The average molecular weight is 403 g/mol. The molecule has 1 aliphatic rings. The molecule has 0 saturated carbocycles. The first kappa shape index (κ1) is 19.7. The van der Waals surface area contributed by atoms with Gasteiger partial charge in [0.05, 0.1) is 13.2 Å². The highest BCUT2D eigenvalue weighted by Crippen LogP contribution is 2.44. The van der Waals surface area contributed by atoms with Crippen LogP contribution in [0, 0.1) is 0 Å². The smallest absolute Gasteiger partial charge is 0.335 e. The summed E-state index contributed by atoms with van der Waals surface area (Å²) in [5, 5.41) is 9.88. The van der Waals surface area contributed by atoms with Crippen molar-refractivity contribution in [3.8, 4) is 5.75 Å². The van der Waals surface area contributed by atoms with E-state index in [-0.39, 0.29) is 5.91 Å². The van der Waals surface area contributed by atoms with E-state index in [1.165, 1.54) is 4.90 Å². The molecule has 0 spiro atoms. The molecular formula is C24H21NO5. The molecule has 0 aromatic heterocycles. The number of methoxy groups -OCH3 is 1. The van der Waals surface area contributed by atoms with Crippen LogP contribution < -0.4 is 4.74 Å². The molecule has 1 amide bonds. The van der Waals surface area contributed by atoms with E-state index < -0.39 is 24.3 Å². The number of aliphatic carboxylic acids is 1. The maximum Gasteiger partial charge on any atom is 0.335 e. The number of carboxylic acids is 1. The molecule has 0 unspecified atom stereocenters. The van der Waals surface area contributed by atoms with Gasteiger partial charge in [0.25, 0.3) is 5.91 Å². The van der Waals surface area contributed by atoms with Crippen LogP contribution in [0.1, 0.15) is 33.8 Å². The molecule has 6 nitrogen and oxygen atoms in total. The van der Waals surface area contributed by atoms with Crippen molar-refractivity contribution in [1.29, 1.82) is 0 Å². The number of hydrogen-bond donors (Lipinski definition) is 1. The first-order valence-electron chi connectivity index (χ1n) is 9.55. The number of nitrogens with zero attached hydrogens (tertiary/aromatic N) is 1. The normalized spacial score (nSPS) is 20.7. The largest absolute Gasteiger partial charge is 0.497 e. The first-order valence-corrected chi connectivity index (χ1v) is 9.55. The van der Waals surface area contributed by atoms with Crippen LogP contribution in [0.3, 0.4) is 0 Å². The van der Waals surface area contributed by atoms with Gasteiger partial charge in [-0.15, -0.1) is 0 Å². The average Bonchev–Trinajstić information content (AvgIpc) is 3.21. The lowest BCUT2D eigenvalue weighted by Gasteiger charge is -2.29. The highest BCUT2D eigenvalue weighted by molar-refractivity contribution is 5.95. The molecule has 30 heavy (non-hydrogen) atoms. The molecule has 1 saturated heterocycles. The van der Waals surface area contributed by atoms with Crippen LogP contribution in [0.2, 0.25) is 0 Å². The van der Waals surface area contributed by atoms with Crippen LogP contribution in [-0.4, -0.2) is 35.1 Å². The summed E-state index contributed by atoms with van der Waals surface area (Å²) < 4.78 is 11.2. The lowest BCUT2D eigenvalue weighted by Crippen LogP contribution is -2.36. The fourth-order valence-corrected chi connectivity index (χ4v) is 3.72. The summed E-state index contributed by atoms with van der Waals surface area (Å²) in [5.74, 6) is -0.758. The van der Waals surface area contributed by atoms with E-state index in [2.05, 4.69) is 0 Å². The van der Waals surface area contributed by atoms with Crippen molar-refractivity contribution in [2.45, 2.75) is 18.4 Å². The van der Waals surface area contributed by atoms with Crippen LogP contribution in [0.15, 0.2) is 84.9 Å². The van der Waals surface area contributed by atoms with Crippen molar-refractivity contribution in [3.63, 3.8) is 0 Å². The Bertz CT molecular complexity index is 1020. The zero-order chi connectivity index (χ0) is 21.1. The monoisotopic (exact) mass is 403 g/mol. The predicted octanol–water partition coefficient (Wildman–Crippen LogP) is 4.06. The molecule has 1 N–H and O–H groups in total. The SMILES string of the molecule is COc1ccc([C@H]2O[C@H](C(=O)O)[C@@H](c3ccccc3)N2C(=O)c2ccccc2)cc1. The molecule has 0 aliphatic carbocycles. The topological polar surface area (TPSA) is 76.1 Å². The van der Waals surface area contributed by atoms with E-state index in [9.17, 15) is 14.7 Å². The van der Waals surface area contributed by atoms with E-state index in [4.69, 9.17) is 9.47 Å². The zero-order valence-corrected chi connectivity index (χ0v) is 16.3. The molecule has 3 aromatic rings. The fraction of sp³-hybridized carbons (Fsp3) is 0.167. The minimum atomic E-state index is -1.20. The van der Waals surface area contributed by atoms with Crippen molar-refractivity contribution in [3.05, 3.63) is 102 Å². The first-order chi connectivity index (χ1) is 14.6. The second-order valence-corrected chi connectivity index (χ2v) is 6.95. The van der Waals surface area contributed by atoms with E-state index in [0.29, 0.717) is 22.4 Å². The lowest BCUT2D eigenvalue weighted by molar-refractivity contribution is -0.150. The van der Waals surface area contributed by atoms with Crippen LogP contribution >= 0.6 is 0 Å². The Morgan fingerprint density at radius 3 is 2.03 bits per heavy atom. The Morgan fingerprint density at radius 1 is 0.867 bits per heavy atom. The standard InChI is InChI=1S/C24H21NO5/c1-29-19-14-12-18(13-15-19)23-25(22(26)17-10-6-3-7-11-17)20(21(30-23)24(27)28)16-8-4-2-5-9-16/h2-15,20-21,23H,1H3,(H,27,28)/t20-,21+,23-/m1/s1. The minimum absolute atomic E-state index is 0.297. The highest BCUT2D eigenvalue weighted by Gasteiger charge is 2.49. The van der Waals surface area contributed by atoms with Crippen molar-refractivity contribution < 1.29 is 24.2 Å². The number of hydrogen-bond acceptors (Lipinski definition) is 4. The number of rotatable bonds is 5. The second-order valence-electron chi connectivity index (χ2n) is 6.95. The molecule has 6 heteroatoms. The van der Waals surface area contributed by atoms with Crippen LogP contribution in [0.4, 0.5) is 0 Å². The Balaban J connectivity index is 1.83. The molecule has 0 radical (unpaired) electrons. The number of carboxylic acid groups (broad SMARTS) is 1. The van der Waals surface area contributed by atoms with Crippen LogP contribution in [-0.2, 0) is 9.53 Å². The van der Waals surface area contributed by atoms with Gasteiger partial charge < -0.3 is 14.6 Å². The van der Waals surface area contributed by atoms with Gasteiger partial charge in [0.15, 0.2) is 12.3 Å². The van der Waals surface area contributed by atoms with Gasteiger partial charge in [-0.25, -0.2) is 4.79 Å². The van der Waals surface area contributed by atoms with Gasteiger partial charge >= 0.3 is 5.97 Å². The maximum atomic E-state index is 13.5. The Labute approximate surface area is 174 Å². The van der Waals surface area contributed by atoms with E-state index in [0.717, 1.165) is 0 Å². The van der Waals surface area contributed by atoms with Gasteiger partial charge in [0.2, 0.25) is 0 Å². The molecule has 4 rings (SSSR count). The van der Waals surface area contributed by atoms with Crippen molar-refractivity contribution in [1.82, 2.24) is 4.90 Å². The third-order valence-corrected chi connectivity index (χ3v) is 5.16. The summed E-state index contributed by atoms with van der Waals surface area (Å²) in [6.07, 6.45) is -2.05. The van der Waals surface area contributed by atoms with Crippen molar-refractivity contribution >= 4 is 11.9 Å². The maximum absolute atomic E-state index is 13.5. The minimum Gasteiger partial charge on any atom is -0.497 e. The van der Waals surface area contributed by atoms with Crippen LogP contribution in [0.25, 0.3) is 0 Å². The number of benzene rings is 3. The number of carbonyl (C=O) groups is 2. The summed E-state index contributed by atoms with van der Waals surface area (Å²) in [6.45, 7) is 0. The quantitative estimate of drug-likeness (QED) is 0.695. The van der Waals surface area contributed by atoms with Gasteiger partial charge in [-0.2, -0.15) is 0 Å². The molecule has 1 heterocycles. The predicted molar refractivity (Wildman–Crippen MR) is 110 cm³/mol. The Hall–Kier alpha value is -3.64. The number of ether oxygens (including phenoxy) is 2. The summed E-state index contributed by atoms with van der Waals surface area (Å²) in [6, 6.07) is 24.2. The second kappa shape index (κ2) is 8.39. The summed E-state index contributed by atoms with van der Waals surface area (Å²) >= 11 is 0. The molecule has 3 atom stereocenters. The Kier molecular flexibility index (Phi) is 5.50. The molecular weight excluding hydrogens is 382 g/mol. The third kappa shape index (κ3) is 3.65. The molecule has 1 fully saturated rings. The van der Waals surface area contributed by atoms with Gasteiger partial charge in [-0.1, -0.05) is 60.7 Å². The van der Waals surface area contributed by atoms with Gasteiger partial charge in [-0.3, -0.25) is 9.69 Å². The molecule has 3 aromatic carbocycles. The van der Waals surface area contributed by atoms with Gasteiger partial charge in [0, 0.05) is 11.1 Å². The van der Waals surface area contributed by atoms with Gasteiger partial charge in [-0.05, 0) is 29.8 Å². The molecule has 152 valence electrons. The van der Waals surface area contributed by atoms with E-state index >= 15 is 0 Å². The lowest BCUT2D eigenvalue weighted by atomic mass is 9.99. The van der Waals surface area contributed by atoms with Gasteiger partial charge in [0.1, 0.15) is 5.75 Å². The van der Waals surface area contributed by atoms with Crippen molar-refractivity contribution in [2.75, 3.05) is 7.11 Å². The van der Waals surface area contributed by atoms with Crippen molar-refractivity contribution in [2.24, 2.45) is 0 Å². The fourth-order valence-electron chi connectivity index (χ4n) is 3.72. The van der Waals surface area contributed by atoms with E-state index in [1.54, 1.807) is 55.6 Å². The molecule has 1 aliphatic heterocycles. The molecule has 0 bridgehead atoms. The zero-order valence-electron chi connectivity index (χ0n) is 16.3. The highest BCUT2D eigenvalue weighted by atomic mass is 16.6. The third-order valence-electron chi connectivity index (χ3n) is 5.16. The summed E-state index contributed by atoms with van der Waals surface area (Å²) in [7, 11) is 1.57. The number of carbonyl (C=O) groups excluding carboxylic acids is 1. The Morgan fingerprint density at radius 2 is 1.47 bits per heavy atom. The van der Waals surface area contributed by atoms with E-state index in [1.807, 2.05) is 36.4 Å². The summed E-state index contributed by atoms with van der Waals surface area (Å²) in [4.78, 5) is 27.1. The van der Waals surface area contributed by atoms with Crippen LogP contribution in [0.5, 0.6) is 5.75 Å². The summed E-state index contributed by atoms with van der Waals surface area (Å²) in [5.41, 5.74) is 1.83. The number of amides is 1.